The molecular weight excluding hydrogens is 425 g/mol. The van der Waals surface area contributed by atoms with Gasteiger partial charge in [-0.25, -0.2) is 12.8 Å². The lowest BCUT2D eigenvalue weighted by molar-refractivity contribution is 0.465. The first kappa shape index (κ1) is 16.6. The Hall–Kier alpha value is -0.760. The molecule has 0 spiro atoms. The van der Waals surface area contributed by atoms with Crippen LogP contribution in [-0.4, -0.2) is 19.8 Å². The average Bonchev–Trinajstić information content (AvgIpc) is 2.41. The van der Waals surface area contributed by atoms with E-state index >= 15 is 0 Å². The van der Waals surface area contributed by atoms with Gasteiger partial charge in [0.05, 0.1) is 4.90 Å². The van der Waals surface area contributed by atoms with Gasteiger partial charge in [0.15, 0.2) is 0 Å². The lowest BCUT2D eigenvalue weighted by atomic mass is 10.2. The molecule has 0 saturated heterocycles. The van der Waals surface area contributed by atoms with E-state index in [9.17, 15) is 12.8 Å². The van der Waals surface area contributed by atoms with Crippen molar-refractivity contribution < 1.29 is 12.8 Å². The fourth-order valence-corrected chi connectivity index (χ4v) is 4.44. The van der Waals surface area contributed by atoms with E-state index in [-0.39, 0.29) is 17.3 Å². The van der Waals surface area contributed by atoms with Gasteiger partial charge >= 0.3 is 0 Å². The first-order valence-corrected chi connectivity index (χ1v) is 8.99. The Balaban J connectivity index is 2.33. The van der Waals surface area contributed by atoms with E-state index in [0.29, 0.717) is 14.5 Å². The van der Waals surface area contributed by atoms with Crippen molar-refractivity contribution in [3.63, 3.8) is 0 Å². The Kier molecular flexibility index (Phi) is 5.19. The van der Waals surface area contributed by atoms with Crippen LogP contribution in [0.1, 0.15) is 5.56 Å². The van der Waals surface area contributed by atoms with E-state index in [4.69, 9.17) is 0 Å². The van der Waals surface area contributed by atoms with Gasteiger partial charge in [-0.3, -0.25) is 0 Å². The van der Waals surface area contributed by atoms with Crippen LogP contribution in [0.25, 0.3) is 0 Å². The average molecular weight is 437 g/mol. The second kappa shape index (κ2) is 6.56. The van der Waals surface area contributed by atoms with Crippen LogP contribution in [-0.2, 0) is 16.6 Å². The Bertz CT molecular complexity index is 765. The molecule has 112 valence electrons. The number of nitrogens with zero attached hydrogens (tertiary/aromatic N) is 1. The Morgan fingerprint density at radius 1 is 1.14 bits per heavy atom. The fourth-order valence-electron chi connectivity index (χ4n) is 1.82. The molecule has 0 bridgehead atoms. The van der Waals surface area contributed by atoms with Crippen LogP contribution in [0.4, 0.5) is 4.39 Å². The third-order valence-corrected chi connectivity index (χ3v) is 6.17. The molecule has 2 aromatic rings. The molecule has 0 unspecified atom stereocenters. The molecule has 21 heavy (non-hydrogen) atoms. The summed E-state index contributed by atoms with van der Waals surface area (Å²) < 4.78 is 40.7. The highest BCUT2D eigenvalue weighted by atomic mass is 79.9. The molecule has 0 fully saturated rings. The monoisotopic (exact) mass is 435 g/mol. The van der Waals surface area contributed by atoms with Crippen molar-refractivity contribution >= 4 is 41.9 Å². The maximum absolute atomic E-state index is 13.2. The van der Waals surface area contributed by atoms with Crippen molar-refractivity contribution in [3.05, 3.63) is 62.8 Å². The largest absolute Gasteiger partial charge is 0.244 e. The Morgan fingerprint density at radius 2 is 1.86 bits per heavy atom. The molecule has 0 N–H and O–H groups in total. The molecule has 0 atom stereocenters. The Labute approximate surface area is 140 Å². The van der Waals surface area contributed by atoms with Crippen LogP contribution >= 0.6 is 31.9 Å². The Morgan fingerprint density at radius 3 is 2.52 bits per heavy atom. The van der Waals surface area contributed by atoms with E-state index in [0.717, 1.165) is 0 Å². The zero-order valence-electron chi connectivity index (χ0n) is 11.1. The summed E-state index contributed by atoms with van der Waals surface area (Å²) in [6.07, 6.45) is 0. The number of hydrogen-bond donors (Lipinski definition) is 0. The SMILES string of the molecule is CN(Cc1cccc(F)c1)S(=O)(=O)c1cc(Br)ccc1Br. The number of halogens is 3. The smallest absolute Gasteiger partial charge is 0.207 e. The van der Waals surface area contributed by atoms with Gasteiger partial charge in [-0.05, 0) is 51.8 Å². The summed E-state index contributed by atoms with van der Waals surface area (Å²) >= 11 is 6.51. The van der Waals surface area contributed by atoms with E-state index in [2.05, 4.69) is 31.9 Å². The molecule has 0 aromatic heterocycles. The van der Waals surface area contributed by atoms with Gasteiger partial charge in [0.25, 0.3) is 0 Å². The third-order valence-electron chi connectivity index (χ3n) is 2.88. The van der Waals surface area contributed by atoms with Gasteiger partial charge in [-0.1, -0.05) is 28.1 Å². The molecule has 0 heterocycles. The van der Waals surface area contributed by atoms with Crippen molar-refractivity contribution in [3.8, 4) is 0 Å². The summed E-state index contributed by atoms with van der Waals surface area (Å²) in [6.45, 7) is 0.0963. The van der Waals surface area contributed by atoms with Crippen LogP contribution in [0.15, 0.2) is 56.3 Å². The lowest BCUT2D eigenvalue weighted by Crippen LogP contribution is -2.26. The van der Waals surface area contributed by atoms with Crippen LogP contribution in [0.3, 0.4) is 0 Å². The van der Waals surface area contributed by atoms with Crippen molar-refractivity contribution in [2.75, 3.05) is 7.05 Å². The minimum absolute atomic E-state index is 0.0963. The van der Waals surface area contributed by atoms with Crippen LogP contribution in [0.2, 0.25) is 0 Å². The second-order valence-electron chi connectivity index (χ2n) is 4.47. The summed E-state index contributed by atoms with van der Waals surface area (Å²) in [5, 5.41) is 0. The summed E-state index contributed by atoms with van der Waals surface area (Å²) in [5.41, 5.74) is 0.590. The number of rotatable bonds is 4. The van der Waals surface area contributed by atoms with Gasteiger partial charge in [-0.15, -0.1) is 0 Å². The van der Waals surface area contributed by atoms with Crippen LogP contribution in [0, 0.1) is 5.82 Å². The molecule has 0 amide bonds. The summed E-state index contributed by atoms with van der Waals surface area (Å²) in [6, 6.07) is 10.8. The minimum Gasteiger partial charge on any atom is -0.207 e. The highest BCUT2D eigenvalue weighted by molar-refractivity contribution is 9.11. The highest BCUT2D eigenvalue weighted by Crippen LogP contribution is 2.28. The molecule has 0 saturated carbocycles. The third kappa shape index (κ3) is 3.91. The molecule has 0 aliphatic carbocycles. The quantitative estimate of drug-likeness (QED) is 0.721. The second-order valence-corrected chi connectivity index (χ2v) is 8.25. The van der Waals surface area contributed by atoms with Gasteiger partial charge in [-0.2, -0.15) is 4.31 Å². The van der Waals surface area contributed by atoms with Gasteiger partial charge in [0.2, 0.25) is 10.0 Å². The molecule has 0 aliphatic rings. The number of sulfonamides is 1. The van der Waals surface area contributed by atoms with Gasteiger partial charge in [0.1, 0.15) is 5.82 Å². The predicted octanol–water partition coefficient (Wildman–Crippen LogP) is 4.17. The molecule has 7 heteroatoms. The van der Waals surface area contributed by atoms with Crippen molar-refractivity contribution in [2.45, 2.75) is 11.4 Å². The first-order chi connectivity index (χ1) is 9.80. The minimum atomic E-state index is -3.67. The fraction of sp³-hybridized carbons (Fsp3) is 0.143. The zero-order valence-corrected chi connectivity index (χ0v) is 15.0. The lowest BCUT2D eigenvalue weighted by Gasteiger charge is -2.18. The maximum atomic E-state index is 13.2. The van der Waals surface area contributed by atoms with Gasteiger partial charge in [0, 0.05) is 22.5 Å². The topological polar surface area (TPSA) is 37.4 Å². The highest BCUT2D eigenvalue weighted by Gasteiger charge is 2.23. The van der Waals surface area contributed by atoms with Crippen molar-refractivity contribution in [1.82, 2.24) is 4.31 Å². The van der Waals surface area contributed by atoms with Crippen LogP contribution < -0.4 is 0 Å². The van der Waals surface area contributed by atoms with Crippen molar-refractivity contribution in [1.29, 1.82) is 0 Å². The van der Waals surface area contributed by atoms with Crippen LogP contribution in [0.5, 0.6) is 0 Å². The molecule has 3 nitrogen and oxygen atoms in total. The summed E-state index contributed by atoms with van der Waals surface area (Å²) in [5.74, 6) is -0.387. The summed E-state index contributed by atoms with van der Waals surface area (Å²) in [7, 11) is -2.20. The summed E-state index contributed by atoms with van der Waals surface area (Å²) in [4.78, 5) is 0.163. The van der Waals surface area contributed by atoms with Gasteiger partial charge < -0.3 is 0 Å². The van der Waals surface area contributed by atoms with E-state index < -0.39 is 10.0 Å². The number of benzene rings is 2. The maximum Gasteiger partial charge on any atom is 0.244 e. The normalized spacial score (nSPS) is 11.9. The molecular formula is C14H12Br2FNO2S. The zero-order chi connectivity index (χ0) is 15.6. The predicted molar refractivity (Wildman–Crippen MR) is 86.9 cm³/mol. The standard InChI is InChI=1S/C14H12Br2FNO2S/c1-18(9-10-3-2-4-12(17)7-10)21(19,20)14-8-11(15)5-6-13(14)16/h2-8H,9H2,1H3. The van der Waals surface area contributed by atoms with Crippen molar-refractivity contribution in [2.24, 2.45) is 0 Å². The molecule has 0 aliphatic heterocycles. The molecule has 2 rings (SSSR count). The first-order valence-electron chi connectivity index (χ1n) is 5.96. The van der Waals surface area contributed by atoms with E-state index in [1.807, 2.05) is 0 Å². The molecule has 2 aromatic carbocycles. The van der Waals surface area contributed by atoms with E-state index in [1.54, 1.807) is 24.3 Å². The van der Waals surface area contributed by atoms with E-state index in [1.165, 1.54) is 29.6 Å². The number of hydrogen-bond acceptors (Lipinski definition) is 2. The molecule has 0 radical (unpaired) electrons.